The van der Waals surface area contributed by atoms with Crippen molar-refractivity contribution >= 4 is 29.0 Å². The van der Waals surface area contributed by atoms with Crippen LogP contribution in [0.5, 0.6) is 0 Å². The van der Waals surface area contributed by atoms with Crippen LogP contribution < -0.4 is 5.32 Å². The lowest BCUT2D eigenvalue weighted by molar-refractivity contribution is -0.384. The molecule has 1 N–H and O–H groups in total. The average molecular weight is 408 g/mol. The Morgan fingerprint density at radius 2 is 1.79 bits per heavy atom. The molecule has 0 aliphatic rings. The van der Waals surface area contributed by atoms with E-state index in [0.29, 0.717) is 16.3 Å². The van der Waals surface area contributed by atoms with Gasteiger partial charge in [-0.2, -0.15) is 0 Å². The van der Waals surface area contributed by atoms with Crippen LogP contribution in [0.25, 0.3) is 11.3 Å². The Hall–Kier alpha value is -3.26. The molecule has 0 fully saturated rings. The molecule has 0 spiro atoms. The molecule has 1 heterocycles. The topological polar surface area (TPSA) is 98.0 Å². The number of carbonyl (C=O) groups excluding carboxylic acids is 1. The number of nitro groups is 1. The van der Waals surface area contributed by atoms with Gasteiger partial charge in [0.2, 0.25) is 5.91 Å². The van der Waals surface area contributed by atoms with E-state index < -0.39 is 4.92 Å². The maximum atomic E-state index is 12.3. The summed E-state index contributed by atoms with van der Waals surface area (Å²) in [6, 6.07) is 13.8. The third kappa shape index (κ3) is 5.17. The Bertz CT molecular complexity index is 1040. The molecule has 0 radical (unpaired) electrons. The van der Waals surface area contributed by atoms with Gasteiger partial charge in [0.1, 0.15) is 5.03 Å². The number of nitro benzene ring substituents is 1. The number of nitrogens with one attached hydrogen (secondary N) is 1. The zero-order chi connectivity index (χ0) is 21.0. The quantitative estimate of drug-likeness (QED) is 0.360. The van der Waals surface area contributed by atoms with Crippen molar-refractivity contribution < 1.29 is 9.72 Å². The van der Waals surface area contributed by atoms with Crippen molar-refractivity contribution in [2.45, 2.75) is 25.8 Å². The molecule has 0 bridgehead atoms. The van der Waals surface area contributed by atoms with Crippen LogP contribution in [0, 0.1) is 30.9 Å². The number of hydrogen-bond donors (Lipinski definition) is 1. The number of anilines is 1. The largest absolute Gasteiger partial charge is 0.325 e. The van der Waals surface area contributed by atoms with Crippen molar-refractivity contribution in [1.82, 2.24) is 10.2 Å². The fraction of sp³-hybridized carbons (Fsp3) is 0.190. The summed E-state index contributed by atoms with van der Waals surface area (Å²) in [6.07, 6.45) is 0. The molecule has 0 saturated heterocycles. The molecule has 7 nitrogen and oxygen atoms in total. The van der Waals surface area contributed by atoms with Crippen LogP contribution in [0.15, 0.2) is 53.6 Å². The zero-order valence-electron chi connectivity index (χ0n) is 16.3. The van der Waals surface area contributed by atoms with Gasteiger partial charge in [0.05, 0.1) is 16.4 Å². The fourth-order valence-electron chi connectivity index (χ4n) is 3.02. The lowest BCUT2D eigenvalue weighted by Crippen LogP contribution is -2.16. The van der Waals surface area contributed by atoms with Crippen LogP contribution in [0.2, 0.25) is 0 Å². The number of hydrogen-bond acceptors (Lipinski definition) is 6. The van der Waals surface area contributed by atoms with Gasteiger partial charge in [-0.05, 0) is 44.0 Å². The second-order valence-corrected chi connectivity index (χ2v) is 7.67. The first-order chi connectivity index (χ1) is 13.8. The summed E-state index contributed by atoms with van der Waals surface area (Å²) in [4.78, 5) is 22.8. The number of thioether (sulfide) groups is 1. The molecule has 3 rings (SSSR count). The van der Waals surface area contributed by atoms with E-state index >= 15 is 0 Å². The molecule has 1 aromatic heterocycles. The molecule has 29 heavy (non-hydrogen) atoms. The summed E-state index contributed by atoms with van der Waals surface area (Å²) in [5, 5.41) is 22.7. The van der Waals surface area contributed by atoms with E-state index in [4.69, 9.17) is 0 Å². The number of benzene rings is 2. The number of aryl methyl sites for hydroxylation is 3. The Balaban J connectivity index is 1.63. The molecular formula is C21H20N4O3S. The summed E-state index contributed by atoms with van der Waals surface area (Å²) in [5.41, 5.74) is 5.21. The molecule has 3 aromatic rings. The smallest absolute Gasteiger partial charge is 0.270 e. The molecule has 0 saturated carbocycles. The van der Waals surface area contributed by atoms with E-state index in [1.165, 1.54) is 23.9 Å². The average Bonchev–Trinajstić information content (AvgIpc) is 2.69. The highest BCUT2D eigenvalue weighted by atomic mass is 32.2. The first-order valence-electron chi connectivity index (χ1n) is 8.92. The minimum absolute atomic E-state index is 0.00103. The second kappa shape index (κ2) is 8.83. The monoisotopic (exact) mass is 408 g/mol. The third-order valence-corrected chi connectivity index (χ3v) is 5.21. The van der Waals surface area contributed by atoms with E-state index in [2.05, 4.69) is 15.5 Å². The van der Waals surface area contributed by atoms with Gasteiger partial charge in [0, 0.05) is 23.4 Å². The third-order valence-electron chi connectivity index (χ3n) is 4.29. The van der Waals surface area contributed by atoms with Gasteiger partial charge in [-0.3, -0.25) is 14.9 Å². The molecule has 8 heteroatoms. The molecule has 2 aromatic carbocycles. The van der Waals surface area contributed by atoms with Crippen LogP contribution >= 0.6 is 11.8 Å². The summed E-state index contributed by atoms with van der Waals surface area (Å²) >= 11 is 1.28. The Morgan fingerprint density at radius 3 is 2.41 bits per heavy atom. The molecule has 1 amide bonds. The van der Waals surface area contributed by atoms with Gasteiger partial charge in [-0.15, -0.1) is 10.2 Å². The Kier molecular flexibility index (Phi) is 6.23. The van der Waals surface area contributed by atoms with Crippen LogP contribution in [0.4, 0.5) is 11.4 Å². The molecule has 0 aliphatic carbocycles. The maximum absolute atomic E-state index is 12.3. The van der Waals surface area contributed by atoms with Crippen molar-refractivity contribution in [2.75, 3.05) is 11.1 Å². The predicted octanol–water partition coefficient (Wildman–Crippen LogP) is 4.71. The minimum Gasteiger partial charge on any atom is -0.325 e. The minimum atomic E-state index is -0.447. The van der Waals surface area contributed by atoms with Gasteiger partial charge in [0.25, 0.3) is 5.69 Å². The summed E-state index contributed by atoms with van der Waals surface area (Å²) in [6.45, 7) is 5.97. The van der Waals surface area contributed by atoms with Gasteiger partial charge in [-0.25, -0.2) is 0 Å². The van der Waals surface area contributed by atoms with Crippen molar-refractivity contribution in [3.8, 4) is 11.3 Å². The molecule has 0 unspecified atom stereocenters. The number of nitrogens with zero attached hydrogens (tertiary/aromatic N) is 3. The molecule has 148 valence electrons. The Labute approximate surface area is 172 Å². The van der Waals surface area contributed by atoms with Crippen LogP contribution in [-0.4, -0.2) is 26.8 Å². The van der Waals surface area contributed by atoms with Crippen LogP contribution in [0.3, 0.4) is 0 Å². The van der Waals surface area contributed by atoms with Crippen molar-refractivity contribution in [1.29, 1.82) is 0 Å². The number of rotatable bonds is 6. The van der Waals surface area contributed by atoms with E-state index in [9.17, 15) is 14.9 Å². The van der Waals surface area contributed by atoms with Crippen molar-refractivity contribution in [3.05, 3.63) is 75.3 Å². The number of aromatic nitrogens is 2. The number of amides is 1. The normalized spacial score (nSPS) is 10.6. The lowest BCUT2D eigenvalue weighted by atomic mass is 10.1. The molecular weight excluding hydrogens is 388 g/mol. The van der Waals surface area contributed by atoms with E-state index in [0.717, 1.165) is 22.4 Å². The van der Waals surface area contributed by atoms with Gasteiger partial charge in [-0.1, -0.05) is 41.6 Å². The lowest BCUT2D eigenvalue weighted by Gasteiger charge is -2.12. The first kappa shape index (κ1) is 20.5. The summed E-state index contributed by atoms with van der Waals surface area (Å²) in [5.74, 6) is 0.0898. The second-order valence-electron chi connectivity index (χ2n) is 6.67. The van der Waals surface area contributed by atoms with Crippen LogP contribution in [0.1, 0.15) is 16.7 Å². The predicted molar refractivity (Wildman–Crippen MR) is 114 cm³/mol. The Morgan fingerprint density at radius 1 is 1.07 bits per heavy atom. The van der Waals surface area contributed by atoms with Gasteiger partial charge >= 0.3 is 0 Å². The highest BCUT2D eigenvalue weighted by molar-refractivity contribution is 7.99. The highest BCUT2D eigenvalue weighted by Gasteiger charge is 2.11. The summed E-state index contributed by atoms with van der Waals surface area (Å²) in [7, 11) is 0. The SMILES string of the molecule is Cc1cc(C)c(NC(=O)CSc2ccc(-c3cccc([N+](=O)[O-])c3)nn2)c(C)c1. The van der Waals surface area contributed by atoms with Crippen molar-refractivity contribution in [3.63, 3.8) is 0 Å². The first-order valence-corrected chi connectivity index (χ1v) is 9.91. The van der Waals surface area contributed by atoms with Crippen LogP contribution in [-0.2, 0) is 4.79 Å². The highest BCUT2D eigenvalue weighted by Crippen LogP contribution is 2.25. The van der Waals surface area contributed by atoms with Gasteiger partial charge < -0.3 is 5.32 Å². The molecule has 0 aliphatic heterocycles. The summed E-state index contributed by atoms with van der Waals surface area (Å²) < 4.78 is 0. The van der Waals surface area contributed by atoms with Crippen molar-refractivity contribution in [2.24, 2.45) is 0 Å². The molecule has 0 atom stereocenters. The standard InChI is InChI=1S/C21H20N4O3S/c1-13-9-14(2)21(15(3)10-13)22-19(26)12-29-20-8-7-18(23-24-20)16-5-4-6-17(11-16)25(27)28/h4-11H,12H2,1-3H3,(H,22,26). The van der Waals surface area contributed by atoms with E-state index in [1.807, 2.05) is 32.9 Å². The van der Waals surface area contributed by atoms with Gasteiger partial charge in [0.15, 0.2) is 0 Å². The number of non-ortho nitro benzene ring substituents is 1. The zero-order valence-corrected chi connectivity index (χ0v) is 17.1. The fourth-order valence-corrected chi connectivity index (χ4v) is 3.64. The van der Waals surface area contributed by atoms with E-state index in [-0.39, 0.29) is 17.3 Å². The maximum Gasteiger partial charge on any atom is 0.270 e. The van der Waals surface area contributed by atoms with E-state index in [1.54, 1.807) is 24.3 Å². The number of carbonyl (C=O) groups is 1.